The number of hydrogen-bond donors (Lipinski definition) is 2. The van der Waals surface area contributed by atoms with Crippen LogP contribution in [-0.4, -0.2) is 11.0 Å². The second-order valence-corrected chi connectivity index (χ2v) is 5.61. The van der Waals surface area contributed by atoms with Gasteiger partial charge in [0, 0.05) is 18.9 Å². The van der Waals surface area contributed by atoms with E-state index in [-0.39, 0.29) is 17.4 Å². The number of halogens is 1. The zero-order valence-electron chi connectivity index (χ0n) is 12.2. The first-order valence-electron chi connectivity index (χ1n) is 7.39. The van der Waals surface area contributed by atoms with Crippen LogP contribution in [0.4, 0.5) is 9.18 Å². The lowest BCUT2D eigenvalue weighted by atomic mass is 9.72. The summed E-state index contributed by atoms with van der Waals surface area (Å²) in [5.74, 6) is -0.264. The maximum atomic E-state index is 13.1. The number of aromatic nitrogens is 1. The molecule has 22 heavy (non-hydrogen) atoms. The van der Waals surface area contributed by atoms with E-state index >= 15 is 0 Å². The fraction of sp³-hybridized carbons (Fsp3) is 0.294. The number of carbonyl (C=O) groups excluding carboxylic acids is 1. The van der Waals surface area contributed by atoms with Crippen LogP contribution in [-0.2, 0) is 12.1 Å². The third-order valence-corrected chi connectivity index (χ3v) is 4.16. The molecule has 1 heterocycles. The van der Waals surface area contributed by atoms with Crippen LogP contribution in [0.15, 0.2) is 48.8 Å². The smallest absolute Gasteiger partial charge is 0.315 e. The molecule has 2 amide bonds. The van der Waals surface area contributed by atoms with E-state index in [4.69, 9.17) is 0 Å². The minimum atomic E-state index is -0.365. The lowest BCUT2D eigenvalue weighted by molar-refractivity contribution is 0.177. The van der Waals surface area contributed by atoms with Crippen LogP contribution in [0.25, 0.3) is 0 Å². The summed E-state index contributed by atoms with van der Waals surface area (Å²) in [7, 11) is 0. The molecule has 0 radical (unpaired) electrons. The fourth-order valence-electron chi connectivity index (χ4n) is 2.73. The van der Waals surface area contributed by atoms with Gasteiger partial charge < -0.3 is 10.6 Å². The van der Waals surface area contributed by atoms with E-state index in [0.717, 1.165) is 30.4 Å². The summed E-state index contributed by atoms with van der Waals surface area (Å²) in [5.41, 5.74) is 1.59. The van der Waals surface area contributed by atoms with Crippen LogP contribution in [0.2, 0.25) is 0 Å². The second-order valence-electron chi connectivity index (χ2n) is 5.61. The summed E-state index contributed by atoms with van der Waals surface area (Å²) in [5, 5.41) is 5.90. The summed E-state index contributed by atoms with van der Waals surface area (Å²) in [6.07, 6.45) is 6.20. The second kappa shape index (κ2) is 6.13. The van der Waals surface area contributed by atoms with Crippen LogP contribution >= 0.6 is 0 Å². The van der Waals surface area contributed by atoms with Crippen molar-refractivity contribution in [3.05, 3.63) is 65.7 Å². The monoisotopic (exact) mass is 299 g/mol. The minimum absolute atomic E-state index is 0.208. The van der Waals surface area contributed by atoms with E-state index in [1.165, 1.54) is 12.1 Å². The summed E-state index contributed by atoms with van der Waals surface area (Å²) in [6, 6.07) is 9.88. The number of nitrogens with one attached hydrogen (secondary N) is 2. The van der Waals surface area contributed by atoms with Gasteiger partial charge in [0.15, 0.2) is 0 Å². The van der Waals surface area contributed by atoms with Crippen molar-refractivity contribution in [3.8, 4) is 0 Å². The molecule has 2 aromatic rings. The van der Waals surface area contributed by atoms with E-state index in [1.54, 1.807) is 24.5 Å². The highest BCUT2D eigenvalue weighted by atomic mass is 19.1. The van der Waals surface area contributed by atoms with Gasteiger partial charge in [-0.25, -0.2) is 9.18 Å². The summed E-state index contributed by atoms with van der Waals surface area (Å²) < 4.78 is 13.1. The molecular formula is C17H18FN3O. The van der Waals surface area contributed by atoms with E-state index in [9.17, 15) is 9.18 Å². The van der Waals surface area contributed by atoms with Gasteiger partial charge in [0.1, 0.15) is 5.82 Å². The van der Waals surface area contributed by atoms with Crippen LogP contribution in [0.3, 0.4) is 0 Å². The Morgan fingerprint density at radius 1 is 1.14 bits per heavy atom. The zero-order chi connectivity index (χ0) is 15.4. The number of nitrogens with zero attached hydrogens (tertiary/aromatic N) is 1. The molecule has 1 aromatic carbocycles. The first kappa shape index (κ1) is 14.5. The molecule has 0 bridgehead atoms. The normalized spacial score (nSPS) is 15.7. The van der Waals surface area contributed by atoms with Crippen molar-refractivity contribution in [3.63, 3.8) is 0 Å². The van der Waals surface area contributed by atoms with Crippen molar-refractivity contribution in [2.75, 3.05) is 0 Å². The number of hydrogen-bond acceptors (Lipinski definition) is 2. The predicted octanol–water partition coefficient (Wildman–Crippen LogP) is 3.10. The largest absolute Gasteiger partial charge is 0.334 e. The number of rotatable bonds is 4. The highest BCUT2D eigenvalue weighted by Crippen LogP contribution is 2.41. The van der Waals surface area contributed by atoms with Gasteiger partial charge in [0.25, 0.3) is 0 Å². The number of benzene rings is 1. The van der Waals surface area contributed by atoms with E-state index in [0.29, 0.717) is 6.54 Å². The van der Waals surface area contributed by atoms with E-state index < -0.39 is 0 Å². The first-order valence-corrected chi connectivity index (χ1v) is 7.39. The zero-order valence-corrected chi connectivity index (χ0v) is 12.2. The molecule has 3 rings (SSSR count). The van der Waals surface area contributed by atoms with Gasteiger partial charge in [-0.2, -0.15) is 0 Å². The molecular weight excluding hydrogens is 281 g/mol. The summed E-state index contributed by atoms with van der Waals surface area (Å²) in [4.78, 5) is 16.1. The Labute approximate surface area is 128 Å². The van der Waals surface area contributed by atoms with Crippen LogP contribution in [0, 0.1) is 5.82 Å². The predicted molar refractivity (Wildman–Crippen MR) is 81.5 cm³/mol. The van der Waals surface area contributed by atoms with Gasteiger partial charge in [-0.3, -0.25) is 4.98 Å². The number of amides is 2. The molecule has 4 nitrogen and oxygen atoms in total. The van der Waals surface area contributed by atoms with Crippen molar-refractivity contribution in [1.82, 2.24) is 15.6 Å². The van der Waals surface area contributed by atoms with Crippen LogP contribution in [0.5, 0.6) is 0 Å². The molecule has 0 atom stereocenters. The van der Waals surface area contributed by atoms with E-state index in [2.05, 4.69) is 15.6 Å². The Balaban J connectivity index is 1.62. The molecule has 5 heteroatoms. The van der Waals surface area contributed by atoms with Crippen molar-refractivity contribution in [1.29, 1.82) is 0 Å². The molecule has 0 saturated heterocycles. The van der Waals surface area contributed by atoms with Crippen molar-refractivity contribution >= 4 is 6.03 Å². The van der Waals surface area contributed by atoms with Crippen LogP contribution < -0.4 is 10.6 Å². The van der Waals surface area contributed by atoms with Gasteiger partial charge in [-0.15, -0.1) is 0 Å². The summed E-state index contributed by atoms with van der Waals surface area (Å²) in [6.45, 7) is 0.452. The molecule has 1 saturated carbocycles. The van der Waals surface area contributed by atoms with Crippen LogP contribution in [0.1, 0.15) is 30.4 Å². The van der Waals surface area contributed by atoms with Gasteiger partial charge in [-0.05, 0) is 54.7 Å². The molecule has 114 valence electrons. The molecule has 1 aromatic heterocycles. The minimum Gasteiger partial charge on any atom is -0.334 e. The Morgan fingerprint density at radius 2 is 1.82 bits per heavy atom. The molecule has 1 aliphatic carbocycles. The Bertz CT molecular complexity index is 639. The van der Waals surface area contributed by atoms with Gasteiger partial charge in [0.2, 0.25) is 0 Å². The third-order valence-electron chi connectivity index (χ3n) is 4.16. The molecule has 1 fully saturated rings. The average molecular weight is 299 g/mol. The molecule has 0 unspecified atom stereocenters. The van der Waals surface area contributed by atoms with Crippen molar-refractivity contribution in [2.24, 2.45) is 0 Å². The topological polar surface area (TPSA) is 54.0 Å². The standard InChI is InChI=1S/C17H18FN3O/c18-15-4-2-14(3-5-15)17(8-1-9-17)21-16(22)20-12-13-6-10-19-11-7-13/h2-7,10-11H,1,8-9,12H2,(H2,20,21,22). The van der Waals surface area contributed by atoms with Gasteiger partial charge in [0.05, 0.1) is 5.54 Å². The highest BCUT2D eigenvalue weighted by Gasteiger charge is 2.39. The average Bonchev–Trinajstić information content (AvgIpc) is 2.51. The van der Waals surface area contributed by atoms with Crippen molar-refractivity contribution < 1.29 is 9.18 Å². The Morgan fingerprint density at radius 3 is 2.41 bits per heavy atom. The molecule has 0 aliphatic heterocycles. The third kappa shape index (κ3) is 3.08. The first-order chi connectivity index (χ1) is 10.7. The SMILES string of the molecule is O=C(NCc1ccncc1)NC1(c2ccc(F)cc2)CCC1. The molecule has 0 spiro atoms. The van der Waals surface area contributed by atoms with Gasteiger partial charge >= 0.3 is 6.03 Å². The molecule has 2 N–H and O–H groups in total. The maximum absolute atomic E-state index is 13.1. The highest BCUT2D eigenvalue weighted by molar-refractivity contribution is 5.75. The quantitative estimate of drug-likeness (QED) is 0.911. The number of urea groups is 1. The maximum Gasteiger partial charge on any atom is 0.315 e. The number of pyridine rings is 1. The Kier molecular flexibility index (Phi) is 4.04. The summed E-state index contributed by atoms with van der Waals surface area (Å²) >= 11 is 0. The number of carbonyl (C=O) groups is 1. The lowest BCUT2D eigenvalue weighted by Gasteiger charge is -2.43. The lowest BCUT2D eigenvalue weighted by Crippen LogP contribution is -2.53. The Hall–Kier alpha value is -2.43. The molecule has 1 aliphatic rings. The van der Waals surface area contributed by atoms with E-state index in [1.807, 2.05) is 12.1 Å². The van der Waals surface area contributed by atoms with Gasteiger partial charge in [-0.1, -0.05) is 12.1 Å². The fourth-order valence-corrected chi connectivity index (χ4v) is 2.73. The van der Waals surface area contributed by atoms with Crippen molar-refractivity contribution in [2.45, 2.75) is 31.3 Å².